The lowest BCUT2D eigenvalue weighted by atomic mass is 10.1. The Balaban J connectivity index is 1.56. The van der Waals surface area contributed by atoms with Crippen molar-refractivity contribution in [3.8, 4) is 5.69 Å². The zero-order valence-corrected chi connectivity index (χ0v) is 14.9. The molecule has 0 saturated carbocycles. The number of ether oxygens (including phenoxy) is 1. The van der Waals surface area contributed by atoms with Crippen LogP contribution in [0.5, 0.6) is 0 Å². The molecule has 1 aliphatic rings. The second kappa shape index (κ2) is 7.75. The molecule has 0 unspecified atom stereocenters. The molecule has 1 aliphatic heterocycles. The van der Waals surface area contributed by atoms with E-state index in [1.807, 2.05) is 65.2 Å². The number of carbonyl (C=O) groups is 1. The molecule has 0 atom stereocenters. The number of carbonyl (C=O) groups excluding carboxylic acids is 1. The highest BCUT2D eigenvalue weighted by Gasteiger charge is 2.18. The number of nitrogens with zero attached hydrogens (tertiary/aromatic N) is 2. The first-order chi connectivity index (χ1) is 12.8. The van der Waals surface area contributed by atoms with Crippen LogP contribution in [-0.4, -0.2) is 41.7 Å². The molecule has 4 rings (SSSR count). The predicted octanol–water partition coefficient (Wildman–Crippen LogP) is 4.27. The van der Waals surface area contributed by atoms with E-state index in [1.165, 1.54) is 19.3 Å². The van der Waals surface area contributed by atoms with Crippen molar-refractivity contribution in [1.29, 1.82) is 0 Å². The Labute approximate surface area is 154 Å². The van der Waals surface area contributed by atoms with Crippen LogP contribution in [0.4, 0.5) is 0 Å². The van der Waals surface area contributed by atoms with Gasteiger partial charge in [0, 0.05) is 17.6 Å². The highest BCUT2D eigenvalue weighted by atomic mass is 16.5. The van der Waals surface area contributed by atoms with Crippen molar-refractivity contribution in [2.24, 2.45) is 0 Å². The van der Waals surface area contributed by atoms with Gasteiger partial charge >= 0.3 is 5.97 Å². The van der Waals surface area contributed by atoms with E-state index in [2.05, 4.69) is 4.90 Å². The van der Waals surface area contributed by atoms with Crippen LogP contribution in [0.15, 0.2) is 60.7 Å². The highest BCUT2D eigenvalue weighted by molar-refractivity contribution is 5.97. The monoisotopic (exact) mass is 348 g/mol. The van der Waals surface area contributed by atoms with Gasteiger partial charge in [-0.25, -0.2) is 4.79 Å². The number of para-hydroxylation sites is 2. The number of fused-ring (bicyclic) bond motifs is 1. The van der Waals surface area contributed by atoms with Gasteiger partial charge in [-0.15, -0.1) is 0 Å². The largest absolute Gasteiger partial charge is 0.460 e. The molecular weight excluding hydrogens is 324 g/mol. The van der Waals surface area contributed by atoms with Crippen LogP contribution in [0.3, 0.4) is 0 Å². The SMILES string of the molecule is O=C(OCCN1CCCCC1)c1cc2ccccc2n1-c1ccccc1. The molecule has 0 spiro atoms. The molecule has 0 aliphatic carbocycles. The molecule has 0 N–H and O–H groups in total. The minimum absolute atomic E-state index is 0.262. The van der Waals surface area contributed by atoms with Crippen LogP contribution in [0, 0.1) is 0 Å². The van der Waals surface area contributed by atoms with E-state index in [9.17, 15) is 4.79 Å². The lowest BCUT2D eigenvalue weighted by Gasteiger charge is -2.25. The summed E-state index contributed by atoms with van der Waals surface area (Å²) in [5.41, 5.74) is 2.56. The normalized spacial score (nSPS) is 15.2. The van der Waals surface area contributed by atoms with E-state index in [0.717, 1.165) is 36.2 Å². The number of aromatic nitrogens is 1. The lowest BCUT2D eigenvalue weighted by Crippen LogP contribution is -2.33. The second-order valence-electron chi connectivity index (χ2n) is 6.80. The number of hydrogen-bond acceptors (Lipinski definition) is 3. The van der Waals surface area contributed by atoms with Gasteiger partial charge in [0.2, 0.25) is 0 Å². The molecule has 3 aromatic rings. The van der Waals surface area contributed by atoms with Crippen LogP contribution in [0.1, 0.15) is 29.8 Å². The Morgan fingerprint density at radius 3 is 2.46 bits per heavy atom. The molecule has 0 bridgehead atoms. The van der Waals surface area contributed by atoms with Crippen molar-refractivity contribution in [2.75, 3.05) is 26.2 Å². The Morgan fingerprint density at radius 1 is 0.923 bits per heavy atom. The number of piperidine rings is 1. The summed E-state index contributed by atoms with van der Waals surface area (Å²) in [6.07, 6.45) is 3.81. The predicted molar refractivity (Wildman–Crippen MR) is 104 cm³/mol. The molecular formula is C22H24N2O2. The smallest absolute Gasteiger partial charge is 0.355 e. The Morgan fingerprint density at radius 2 is 1.65 bits per heavy atom. The summed E-state index contributed by atoms with van der Waals surface area (Å²) < 4.78 is 7.61. The van der Waals surface area contributed by atoms with Crippen LogP contribution >= 0.6 is 0 Å². The summed E-state index contributed by atoms with van der Waals surface area (Å²) in [5, 5.41) is 1.04. The van der Waals surface area contributed by atoms with E-state index in [4.69, 9.17) is 4.74 Å². The third-order valence-corrected chi connectivity index (χ3v) is 5.02. The van der Waals surface area contributed by atoms with E-state index < -0.39 is 0 Å². The second-order valence-corrected chi connectivity index (χ2v) is 6.80. The molecule has 4 heteroatoms. The maximum atomic E-state index is 12.8. The summed E-state index contributed by atoms with van der Waals surface area (Å²) in [6, 6.07) is 19.9. The maximum Gasteiger partial charge on any atom is 0.355 e. The first kappa shape index (κ1) is 16.9. The number of rotatable bonds is 5. The first-order valence-electron chi connectivity index (χ1n) is 9.38. The molecule has 2 heterocycles. The summed E-state index contributed by atoms with van der Waals surface area (Å²) in [4.78, 5) is 15.2. The van der Waals surface area contributed by atoms with Crippen molar-refractivity contribution in [3.63, 3.8) is 0 Å². The quantitative estimate of drug-likeness (QED) is 0.646. The van der Waals surface area contributed by atoms with Crippen LogP contribution in [-0.2, 0) is 4.74 Å². The van der Waals surface area contributed by atoms with Crippen LogP contribution in [0.25, 0.3) is 16.6 Å². The van der Waals surface area contributed by atoms with E-state index >= 15 is 0 Å². The molecule has 2 aromatic carbocycles. The number of esters is 1. The van der Waals surface area contributed by atoms with Crippen molar-refractivity contribution in [1.82, 2.24) is 9.47 Å². The average Bonchev–Trinajstić information content (AvgIpc) is 3.09. The maximum absolute atomic E-state index is 12.8. The summed E-state index contributed by atoms with van der Waals surface area (Å²) in [7, 11) is 0. The zero-order valence-electron chi connectivity index (χ0n) is 14.9. The summed E-state index contributed by atoms with van der Waals surface area (Å²) in [5.74, 6) is -0.262. The Bertz CT molecular complexity index is 880. The third-order valence-electron chi connectivity index (χ3n) is 5.02. The average molecular weight is 348 g/mol. The number of likely N-dealkylation sites (tertiary alicyclic amines) is 1. The van der Waals surface area contributed by atoms with Crippen LogP contribution < -0.4 is 0 Å². The molecule has 134 valence electrons. The van der Waals surface area contributed by atoms with Gasteiger partial charge in [0.15, 0.2) is 0 Å². The topological polar surface area (TPSA) is 34.5 Å². The van der Waals surface area contributed by atoms with E-state index in [0.29, 0.717) is 12.3 Å². The standard InChI is InChI=1S/C22H24N2O2/c25-22(26-16-15-23-13-7-2-8-14-23)21-17-18-9-5-6-12-20(18)24(21)19-10-3-1-4-11-19/h1,3-6,9-12,17H,2,7-8,13-16H2. The number of hydrogen-bond donors (Lipinski definition) is 0. The number of benzene rings is 2. The van der Waals surface area contributed by atoms with Gasteiger partial charge in [0.05, 0.1) is 5.52 Å². The van der Waals surface area contributed by atoms with Crippen molar-refractivity contribution >= 4 is 16.9 Å². The Kier molecular flexibility index (Phi) is 5.02. The fourth-order valence-electron chi connectivity index (χ4n) is 3.68. The van der Waals surface area contributed by atoms with Crippen LogP contribution in [0.2, 0.25) is 0 Å². The molecule has 0 amide bonds. The minimum atomic E-state index is -0.262. The van der Waals surface area contributed by atoms with Crippen molar-refractivity contribution in [3.05, 3.63) is 66.4 Å². The third kappa shape index (κ3) is 3.51. The Hall–Kier alpha value is -2.59. The summed E-state index contributed by atoms with van der Waals surface area (Å²) >= 11 is 0. The van der Waals surface area contributed by atoms with Crippen molar-refractivity contribution < 1.29 is 9.53 Å². The first-order valence-corrected chi connectivity index (χ1v) is 9.38. The summed E-state index contributed by atoms with van der Waals surface area (Å²) in [6.45, 7) is 3.48. The van der Waals surface area contributed by atoms with E-state index in [-0.39, 0.29) is 5.97 Å². The minimum Gasteiger partial charge on any atom is -0.460 e. The zero-order chi connectivity index (χ0) is 17.8. The molecule has 1 saturated heterocycles. The van der Waals surface area contributed by atoms with Gasteiger partial charge in [0.25, 0.3) is 0 Å². The highest BCUT2D eigenvalue weighted by Crippen LogP contribution is 2.25. The van der Waals surface area contributed by atoms with Crippen molar-refractivity contribution in [2.45, 2.75) is 19.3 Å². The fraction of sp³-hybridized carbons (Fsp3) is 0.318. The molecule has 1 aromatic heterocycles. The van der Waals surface area contributed by atoms with E-state index in [1.54, 1.807) is 0 Å². The molecule has 1 fully saturated rings. The van der Waals surface area contributed by atoms with Gasteiger partial charge in [-0.1, -0.05) is 42.8 Å². The van der Waals surface area contributed by atoms with Gasteiger partial charge < -0.3 is 9.30 Å². The van der Waals surface area contributed by atoms with Gasteiger partial charge in [-0.3, -0.25) is 4.90 Å². The van der Waals surface area contributed by atoms with Gasteiger partial charge in [0.1, 0.15) is 12.3 Å². The fourth-order valence-corrected chi connectivity index (χ4v) is 3.68. The molecule has 0 radical (unpaired) electrons. The molecule has 4 nitrogen and oxygen atoms in total. The van der Waals surface area contributed by atoms with Gasteiger partial charge in [-0.05, 0) is 50.2 Å². The lowest BCUT2D eigenvalue weighted by molar-refractivity contribution is 0.0443. The molecule has 26 heavy (non-hydrogen) atoms. The van der Waals surface area contributed by atoms with Gasteiger partial charge in [-0.2, -0.15) is 0 Å².